The first-order chi connectivity index (χ1) is 12.2. The van der Waals surface area contributed by atoms with E-state index in [4.69, 9.17) is 13.8 Å². The first-order valence-electron chi connectivity index (χ1n) is 8.74. The highest BCUT2D eigenvalue weighted by Gasteiger charge is 2.41. The molecule has 2 heterocycles. The molecule has 1 saturated heterocycles. The maximum Gasteiger partial charge on any atom is 0.331 e. The van der Waals surface area contributed by atoms with Gasteiger partial charge >= 0.3 is 13.3 Å². The number of nitrogens with one attached hydrogen (secondary N) is 1. The van der Waals surface area contributed by atoms with Crippen LogP contribution in [0.25, 0.3) is 0 Å². The zero-order valence-corrected chi connectivity index (χ0v) is 16.4. The molecule has 9 nitrogen and oxygen atoms in total. The van der Waals surface area contributed by atoms with Crippen molar-refractivity contribution < 1.29 is 23.5 Å². The summed E-state index contributed by atoms with van der Waals surface area (Å²) in [6, 6.07) is 0. The minimum Gasteiger partial charge on any atom is -0.390 e. The van der Waals surface area contributed by atoms with Crippen molar-refractivity contribution in [1.82, 2.24) is 9.55 Å². The van der Waals surface area contributed by atoms with Crippen LogP contribution in [0.2, 0.25) is 0 Å². The van der Waals surface area contributed by atoms with E-state index in [1.807, 2.05) is 0 Å². The van der Waals surface area contributed by atoms with Crippen LogP contribution in [0.1, 0.15) is 39.0 Å². The van der Waals surface area contributed by atoms with E-state index < -0.39 is 37.3 Å². The fraction of sp³-hybridized carbons (Fsp3) is 0.750. The van der Waals surface area contributed by atoms with Gasteiger partial charge < -0.3 is 18.9 Å². The summed E-state index contributed by atoms with van der Waals surface area (Å²) in [5.74, 6) is -0.321. The van der Waals surface area contributed by atoms with Crippen LogP contribution in [0.5, 0.6) is 0 Å². The number of ether oxygens (including phenoxy) is 1. The van der Waals surface area contributed by atoms with E-state index >= 15 is 0 Å². The Kier molecular flexibility index (Phi) is 6.99. The third-order valence-electron chi connectivity index (χ3n) is 4.32. The summed E-state index contributed by atoms with van der Waals surface area (Å²) in [6.07, 6.45) is -0.480. The van der Waals surface area contributed by atoms with Crippen molar-refractivity contribution >= 4 is 7.60 Å². The molecule has 0 amide bonds. The number of aryl methyl sites for hydroxylation is 1. The SMILES string of the molecule is CCOP(=O)(CC(C)C1OC(n2cc(C)c(=O)[nH]c2=O)CC1O)OCC. The van der Waals surface area contributed by atoms with Crippen molar-refractivity contribution in [3.05, 3.63) is 32.6 Å². The van der Waals surface area contributed by atoms with Gasteiger partial charge in [-0.25, -0.2) is 4.79 Å². The highest BCUT2D eigenvalue weighted by atomic mass is 31.2. The zero-order chi connectivity index (χ0) is 19.5. The molecular weight excluding hydrogens is 363 g/mol. The Morgan fingerprint density at radius 3 is 2.58 bits per heavy atom. The molecule has 0 aromatic carbocycles. The van der Waals surface area contributed by atoms with Gasteiger partial charge in [-0.05, 0) is 26.7 Å². The van der Waals surface area contributed by atoms with E-state index in [2.05, 4.69) is 4.98 Å². The van der Waals surface area contributed by atoms with E-state index in [0.29, 0.717) is 5.56 Å². The molecule has 1 aromatic rings. The monoisotopic (exact) mass is 390 g/mol. The Labute approximate surface area is 151 Å². The van der Waals surface area contributed by atoms with Gasteiger partial charge in [-0.3, -0.25) is 18.9 Å². The number of rotatable bonds is 8. The quantitative estimate of drug-likeness (QED) is 0.644. The third kappa shape index (κ3) is 4.72. The number of hydrogen-bond donors (Lipinski definition) is 2. The van der Waals surface area contributed by atoms with Crippen LogP contribution in [0.4, 0.5) is 0 Å². The molecule has 0 spiro atoms. The number of aliphatic hydroxyl groups excluding tert-OH is 1. The lowest BCUT2D eigenvalue weighted by Gasteiger charge is -2.26. The number of aromatic amines is 1. The predicted octanol–water partition coefficient (Wildman–Crippen LogP) is 1.40. The topological polar surface area (TPSA) is 120 Å². The van der Waals surface area contributed by atoms with Crippen molar-refractivity contribution in [2.45, 2.75) is 52.6 Å². The molecule has 26 heavy (non-hydrogen) atoms. The van der Waals surface area contributed by atoms with Crippen LogP contribution in [0.3, 0.4) is 0 Å². The summed E-state index contributed by atoms with van der Waals surface area (Å²) in [5.41, 5.74) is -0.680. The second-order valence-electron chi connectivity index (χ2n) is 6.44. The van der Waals surface area contributed by atoms with Crippen LogP contribution < -0.4 is 11.2 Å². The van der Waals surface area contributed by atoms with Crippen LogP contribution >= 0.6 is 7.60 Å². The Bertz CT molecular complexity index is 765. The minimum absolute atomic E-state index is 0.0999. The van der Waals surface area contributed by atoms with Crippen LogP contribution in [0, 0.1) is 12.8 Å². The van der Waals surface area contributed by atoms with E-state index in [1.165, 1.54) is 10.8 Å². The molecule has 0 aliphatic carbocycles. The third-order valence-corrected chi connectivity index (χ3v) is 6.64. The summed E-state index contributed by atoms with van der Waals surface area (Å²) in [6.45, 7) is 7.36. The van der Waals surface area contributed by atoms with Gasteiger partial charge in [-0.2, -0.15) is 0 Å². The fourth-order valence-corrected chi connectivity index (χ4v) is 5.14. The smallest absolute Gasteiger partial charge is 0.331 e. The first kappa shape index (κ1) is 21.1. The normalized spacial score (nSPS) is 24.7. The molecule has 1 aliphatic rings. The number of aromatic nitrogens is 2. The van der Waals surface area contributed by atoms with Gasteiger partial charge in [-0.15, -0.1) is 0 Å². The standard InChI is InChI=1S/C16H27N2O7P/c1-5-23-26(22,24-6-2)9-11(4)14-12(19)7-13(25-14)18-8-10(3)15(20)17-16(18)21/h8,11-14,19H,5-7,9H2,1-4H3,(H,17,20,21). The highest BCUT2D eigenvalue weighted by Crippen LogP contribution is 2.51. The summed E-state index contributed by atoms with van der Waals surface area (Å²) < 4.78 is 30.4. The number of H-pyrrole nitrogens is 1. The number of hydrogen-bond acceptors (Lipinski definition) is 7. The van der Waals surface area contributed by atoms with Gasteiger partial charge in [0.05, 0.1) is 31.6 Å². The van der Waals surface area contributed by atoms with E-state index in [9.17, 15) is 19.3 Å². The second kappa shape index (κ2) is 8.63. The molecule has 1 aromatic heterocycles. The van der Waals surface area contributed by atoms with Crippen LogP contribution in [0.15, 0.2) is 15.8 Å². The Morgan fingerprint density at radius 1 is 1.38 bits per heavy atom. The maximum absolute atomic E-state index is 12.7. The van der Waals surface area contributed by atoms with Gasteiger partial charge in [0, 0.05) is 18.2 Å². The molecule has 2 N–H and O–H groups in total. The van der Waals surface area contributed by atoms with E-state index in [1.54, 1.807) is 27.7 Å². The molecule has 0 bridgehead atoms. The number of nitrogens with zero attached hydrogens (tertiary/aromatic N) is 1. The highest BCUT2D eigenvalue weighted by molar-refractivity contribution is 7.53. The van der Waals surface area contributed by atoms with Crippen molar-refractivity contribution in [2.24, 2.45) is 5.92 Å². The Morgan fingerprint density at radius 2 is 2.00 bits per heavy atom. The molecule has 0 saturated carbocycles. The van der Waals surface area contributed by atoms with Crippen molar-refractivity contribution in [3.8, 4) is 0 Å². The Balaban J connectivity index is 2.15. The van der Waals surface area contributed by atoms with E-state index in [0.717, 1.165) is 0 Å². The fourth-order valence-electron chi connectivity index (χ4n) is 3.15. The van der Waals surface area contributed by atoms with Gasteiger partial charge in [0.1, 0.15) is 6.23 Å². The minimum atomic E-state index is -3.28. The van der Waals surface area contributed by atoms with Crippen LogP contribution in [-0.4, -0.2) is 46.2 Å². The molecule has 1 aliphatic heterocycles. The molecule has 0 radical (unpaired) electrons. The summed E-state index contributed by atoms with van der Waals surface area (Å²) >= 11 is 0. The molecule has 10 heteroatoms. The summed E-state index contributed by atoms with van der Waals surface area (Å²) in [4.78, 5) is 25.7. The Hall–Kier alpha value is -1.25. The van der Waals surface area contributed by atoms with Gasteiger partial charge in [-0.1, -0.05) is 6.92 Å². The van der Waals surface area contributed by atoms with Gasteiger partial charge in [0.15, 0.2) is 0 Å². The lowest BCUT2D eigenvalue weighted by molar-refractivity contribution is -0.0435. The molecule has 1 fully saturated rings. The second-order valence-corrected chi connectivity index (χ2v) is 8.55. The largest absolute Gasteiger partial charge is 0.390 e. The van der Waals surface area contributed by atoms with Crippen molar-refractivity contribution in [1.29, 1.82) is 0 Å². The molecular formula is C16H27N2O7P. The molecule has 148 valence electrons. The van der Waals surface area contributed by atoms with Crippen molar-refractivity contribution in [3.63, 3.8) is 0 Å². The summed E-state index contributed by atoms with van der Waals surface area (Å²) in [5, 5.41) is 10.4. The van der Waals surface area contributed by atoms with Crippen molar-refractivity contribution in [2.75, 3.05) is 19.4 Å². The molecule has 4 unspecified atom stereocenters. The molecule has 4 atom stereocenters. The lowest BCUT2D eigenvalue weighted by Crippen LogP contribution is -2.34. The van der Waals surface area contributed by atoms with Gasteiger partial charge in [0.2, 0.25) is 0 Å². The maximum atomic E-state index is 12.7. The lowest BCUT2D eigenvalue weighted by atomic mass is 10.0. The summed E-state index contributed by atoms with van der Waals surface area (Å²) in [7, 11) is -3.28. The first-order valence-corrected chi connectivity index (χ1v) is 10.5. The molecule has 2 rings (SSSR count). The number of aliphatic hydroxyl groups is 1. The van der Waals surface area contributed by atoms with Gasteiger partial charge in [0.25, 0.3) is 5.56 Å². The average molecular weight is 390 g/mol. The predicted molar refractivity (Wildman–Crippen MR) is 95.5 cm³/mol. The van der Waals surface area contributed by atoms with Crippen LogP contribution in [-0.2, 0) is 18.3 Å². The van der Waals surface area contributed by atoms with E-state index in [-0.39, 0.29) is 31.7 Å². The average Bonchev–Trinajstić information content (AvgIpc) is 2.93. The zero-order valence-electron chi connectivity index (χ0n) is 15.5.